The topological polar surface area (TPSA) is 49.4 Å². The smallest absolute Gasteiger partial charge is 0.240 e. The third kappa shape index (κ3) is 3.68. The van der Waals surface area contributed by atoms with Gasteiger partial charge in [-0.2, -0.15) is 0 Å². The SMILES string of the molecule is CC(C)(C)C[C@]12CCCN1[C@H](CNS(=O)(=O)c1ccccc1)CC2. The van der Waals surface area contributed by atoms with Crippen molar-refractivity contribution in [2.75, 3.05) is 13.1 Å². The molecule has 0 aliphatic carbocycles. The van der Waals surface area contributed by atoms with Crippen molar-refractivity contribution in [1.29, 1.82) is 0 Å². The van der Waals surface area contributed by atoms with Crippen molar-refractivity contribution in [2.24, 2.45) is 5.41 Å². The van der Waals surface area contributed by atoms with Crippen molar-refractivity contribution in [2.45, 2.75) is 69.4 Å². The normalized spacial score (nSPS) is 28.2. The summed E-state index contributed by atoms with van der Waals surface area (Å²) in [7, 11) is -3.41. The van der Waals surface area contributed by atoms with Crippen LogP contribution in [0.15, 0.2) is 35.2 Å². The Balaban J connectivity index is 1.67. The maximum absolute atomic E-state index is 12.5. The van der Waals surface area contributed by atoms with Crippen molar-refractivity contribution in [3.05, 3.63) is 30.3 Å². The molecule has 0 bridgehead atoms. The van der Waals surface area contributed by atoms with Crippen LogP contribution in [0.3, 0.4) is 0 Å². The van der Waals surface area contributed by atoms with Gasteiger partial charge < -0.3 is 0 Å². The van der Waals surface area contributed by atoms with Crippen LogP contribution >= 0.6 is 0 Å². The highest BCUT2D eigenvalue weighted by Crippen LogP contribution is 2.48. The Kier molecular flexibility index (Phi) is 4.80. The zero-order chi connectivity index (χ0) is 17.4. The maximum atomic E-state index is 12.5. The van der Waals surface area contributed by atoms with Crippen molar-refractivity contribution >= 4 is 10.0 Å². The van der Waals surface area contributed by atoms with Gasteiger partial charge in [0.15, 0.2) is 0 Å². The van der Waals surface area contributed by atoms with E-state index in [-0.39, 0.29) is 0 Å². The Morgan fingerprint density at radius 1 is 1.21 bits per heavy atom. The van der Waals surface area contributed by atoms with Crippen LogP contribution in [0.1, 0.15) is 52.9 Å². The van der Waals surface area contributed by atoms with Gasteiger partial charge in [-0.05, 0) is 56.2 Å². The highest BCUT2D eigenvalue weighted by molar-refractivity contribution is 7.89. The third-order valence-electron chi connectivity index (χ3n) is 5.46. The molecule has 4 nitrogen and oxygen atoms in total. The summed E-state index contributed by atoms with van der Waals surface area (Å²) in [4.78, 5) is 2.96. The van der Waals surface area contributed by atoms with E-state index in [1.807, 2.05) is 6.07 Å². The standard InChI is InChI=1S/C19H30N2O2S/c1-18(2,3)15-19-11-7-13-21(19)16(10-12-19)14-20-24(22,23)17-8-5-4-6-9-17/h4-6,8-9,16,20H,7,10-15H2,1-3H3/t16-,19+/m0/s1. The summed E-state index contributed by atoms with van der Waals surface area (Å²) in [6.45, 7) is 8.55. The molecule has 2 atom stereocenters. The summed E-state index contributed by atoms with van der Waals surface area (Å²) < 4.78 is 27.8. The molecule has 24 heavy (non-hydrogen) atoms. The van der Waals surface area contributed by atoms with Crippen molar-refractivity contribution in [3.8, 4) is 0 Å². The molecule has 0 spiro atoms. The van der Waals surface area contributed by atoms with Gasteiger partial charge in [0.25, 0.3) is 0 Å². The Bertz CT molecular complexity index is 666. The fraction of sp³-hybridized carbons (Fsp3) is 0.684. The summed E-state index contributed by atoms with van der Waals surface area (Å²) >= 11 is 0. The molecular weight excluding hydrogens is 320 g/mol. The minimum atomic E-state index is -3.41. The predicted molar refractivity (Wildman–Crippen MR) is 97.4 cm³/mol. The molecule has 2 heterocycles. The minimum absolute atomic E-state index is 0.293. The Morgan fingerprint density at radius 2 is 1.92 bits per heavy atom. The molecule has 0 unspecified atom stereocenters. The van der Waals surface area contributed by atoms with E-state index in [4.69, 9.17) is 0 Å². The number of nitrogens with one attached hydrogen (secondary N) is 1. The highest BCUT2D eigenvalue weighted by Gasteiger charge is 2.50. The maximum Gasteiger partial charge on any atom is 0.240 e. The second-order valence-corrected chi connectivity index (χ2v) is 10.4. The highest BCUT2D eigenvalue weighted by atomic mass is 32.2. The second-order valence-electron chi connectivity index (χ2n) is 8.62. The number of hydrogen-bond acceptors (Lipinski definition) is 3. The van der Waals surface area contributed by atoms with Crippen molar-refractivity contribution in [3.63, 3.8) is 0 Å². The van der Waals surface area contributed by atoms with E-state index < -0.39 is 10.0 Å². The molecule has 2 fully saturated rings. The molecule has 134 valence electrons. The lowest BCUT2D eigenvalue weighted by Crippen LogP contribution is -2.48. The number of nitrogens with zero attached hydrogens (tertiary/aromatic N) is 1. The summed E-state index contributed by atoms with van der Waals surface area (Å²) in [5.41, 5.74) is 0.599. The van der Waals surface area contributed by atoms with E-state index in [1.165, 1.54) is 25.7 Å². The first-order chi connectivity index (χ1) is 11.2. The summed E-state index contributed by atoms with van der Waals surface area (Å²) in [6.07, 6.45) is 5.97. The second kappa shape index (κ2) is 6.43. The van der Waals surface area contributed by atoms with E-state index in [9.17, 15) is 8.42 Å². The van der Waals surface area contributed by atoms with Crippen LogP contribution in [-0.4, -0.2) is 38.0 Å². The lowest BCUT2D eigenvalue weighted by molar-refractivity contribution is 0.102. The molecule has 3 rings (SSSR count). The lowest BCUT2D eigenvalue weighted by atomic mass is 9.77. The van der Waals surface area contributed by atoms with E-state index in [2.05, 4.69) is 30.4 Å². The van der Waals surface area contributed by atoms with Gasteiger partial charge in [0.1, 0.15) is 0 Å². The molecule has 5 heteroatoms. The van der Waals surface area contributed by atoms with Gasteiger partial charge in [0.05, 0.1) is 4.90 Å². The number of hydrogen-bond donors (Lipinski definition) is 1. The number of sulfonamides is 1. The molecule has 2 saturated heterocycles. The van der Waals surface area contributed by atoms with Crippen LogP contribution in [0, 0.1) is 5.41 Å². The summed E-state index contributed by atoms with van der Waals surface area (Å²) in [6, 6.07) is 8.99. The van der Waals surface area contributed by atoms with Gasteiger partial charge in [0, 0.05) is 18.1 Å². The van der Waals surface area contributed by atoms with E-state index in [0.29, 0.717) is 28.4 Å². The Morgan fingerprint density at radius 3 is 2.58 bits per heavy atom. The molecule has 0 radical (unpaired) electrons. The first-order valence-corrected chi connectivity index (χ1v) is 10.5. The molecular formula is C19H30N2O2S. The van der Waals surface area contributed by atoms with Gasteiger partial charge in [-0.15, -0.1) is 0 Å². The van der Waals surface area contributed by atoms with Gasteiger partial charge >= 0.3 is 0 Å². The van der Waals surface area contributed by atoms with E-state index in [1.54, 1.807) is 24.3 Å². The summed E-state index contributed by atoms with van der Waals surface area (Å²) in [5, 5.41) is 0. The predicted octanol–water partition coefficient (Wildman–Crippen LogP) is 3.40. The third-order valence-corrected chi connectivity index (χ3v) is 6.90. The van der Waals surface area contributed by atoms with E-state index >= 15 is 0 Å². The van der Waals surface area contributed by atoms with Crippen LogP contribution in [0.5, 0.6) is 0 Å². The van der Waals surface area contributed by atoms with Crippen LogP contribution < -0.4 is 4.72 Å². The quantitative estimate of drug-likeness (QED) is 0.885. The van der Waals surface area contributed by atoms with Crippen LogP contribution in [0.25, 0.3) is 0 Å². The molecule has 1 aromatic rings. The number of fused-ring (bicyclic) bond motifs is 1. The first-order valence-electron chi connectivity index (χ1n) is 9.03. The minimum Gasteiger partial charge on any atom is -0.293 e. The summed E-state index contributed by atoms with van der Waals surface area (Å²) in [5.74, 6) is 0. The molecule has 0 aromatic heterocycles. The zero-order valence-electron chi connectivity index (χ0n) is 15.1. The van der Waals surface area contributed by atoms with Gasteiger partial charge in [-0.3, -0.25) is 4.90 Å². The van der Waals surface area contributed by atoms with Crippen molar-refractivity contribution < 1.29 is 8.42 Å². The van der Waals surface area contributed by atoms with Gasteiger partial charge in [-0.25, -0.2) is 13.1 Å². The molecule has 0 saturated carbocycles. The molecule has 0 amide bonds. The van der Waals surface area contributed by atoms with Gasteiger partial charge in [-0.1, -0.05) is 39.0 Å². The van der Waals surface area contributed by atoms with Crippen LogP contribution in [0.4, 0.5) is 0 Å². The van der Waals surface area contributed by atoms with Crippen LogP contribution in [-0.2, 0) is 10.0 Å². The Labute approximate surface area is 146 Å². The fourth-order valence-corrected chi connectivity index (χ4v) is 5.85. The molecule has 1 aromatic carbocycles. The average molecular weight is 351 g/mol. The fourth-order valence-electron chi connectivity index (χ4n) is 4.76. The average Bonchev–Trinajstić information content (AvgIpc) is 3.03. The Hall–Kier alpha value is -0.910. The lowest BCUT2D eigenvalue weighted by Gasteiger charge is -2.39. The van der Waals surface area contributed by atoms with Crippen LogP contribution in [0.2, 0.25) is 0 Å². The number of rotatable bonds is 5. The first kappa shape index (κ1) is 17.9. The largest absolute Gasteiger partial charge is 0.293 e. The molecule has 2 aliphatic heterocycles. The van der Waals surface area contributed by atoms with Gasteiger partial charge in [0.2, 0.25) is 10.0 Å². The molecule has 2 aliphatic rings. The molecule has 1 N–H and O–H groups in total. The van der Waals surface area contributed by atoms with Crippen molar-refractivity contribution in [1.82, 2.24) is 9.62 Å². The monoisotopic (exact) mass is 350 g/mol. The van der Waals surface area contributed by atoms with E-state index in [0.717, 1.165) is 13.0 Å². The zero-order valence-corrected chi connectivity index (χ0v) is 15.9. The number of benzene rings is 1.